The van der Waals surface area contributed by atoms with Crippen molar-refractivity contribution in [3.05, 3.63) is 0 Å². The van der Waals surface area contributed by atoms with Crippen LogP contribution in [0.25, 0.3) is 0 Å². The van der Waals surface area contributed by atoms with Gasteiger partial charge in [0, 0.05) is 26.2 Å². The molecular weight excluding hydrogens is 188 g/mol. The summed E-state index contributed by atoms with van der Waals surface area (Å²) in [5.74, 6) is 0. The predicted molar refractivity (Wildman–Crippen MR) is 64.2 cm³/mol. The number of hydrogen-bond acceptors (Lipinski definition) is 3. The van der Waals surface area contributed by atoms with E-state index in [2.05, 4.69) is 24.1 Å². The van der Waals surface area contributed by atoms with Crippen LogP contribution >= 0.6 is 0 Å². The molecule has 3 heteroatoms. The molecule has 0 aliphatic carbocycles. The van der Waals surface area contributed by atoms with Gasteiger partial charge in [0.25, 0.3) is 0 Å². The first kappa shape index (κ1) is 12.9. The number of likely N-dealkylation sites (tertiary alicyclic amines) is 1. The van der Waals surface area contributed by atoms with E-state index in [1.807, 2.05) is 7.11 Å². The number of ether oxygens (including phenoxy) is 1. The van der Waals surface area contributed by atoms with Crippen LogP contribution in [0.4, 0.5) is 0 Å². The molecule has 1 aliphatic heterocycles. The summed E-state index contributed by atoms with van der Waals surface area (Å²) < 4.78 is 5.42. The molecule has 0 spiro atoms. The van der Waals surface area contributed by atoms with Crippen molar-refractivity contribution in [2.75, 3.05) is 33.3 Å². The van der Waals surface area contributed by atoms with Crippen LogP contribution in [0.5, 0.6) is 0 Å². The zero-order chi connectivity index (χ0) is 11.1. The van der Waals surface area contributed by atoms with Crippen LogP contribution in [0, 0.1) is 0 Å². The van der Waals surface area contributed by atoms with E-state index in [4.69, 9.17) is 4.74 Å². The molecule has 1 rings (SSSR count). The Morgan fingerprint density at radius 2 is 2.33 bits per heavy atom. The lowest BCUT2D eigenvalue weighted by molar-refractivity contribution is 0.0288. The third kappa shape index (κ3) is 4.96. The fourth-order valence-electron chi connectivity index (χ4n) is 2.21. The standard InChI is InChI=1S/C12H26N2O/c1-4-7-13-11(2)9-14-8-5-6-12(10-14)15-3/h11-13H,4-10H2,1-3H3. The summed E-state index contributed by atoms with van der Waals surface area (Å²) in [7, 11) is 1.83. The molecule has 0 amide bonds. The first-order valence-corrected chi connectivity index (χ1v) is 6.24. The van der Waals surface area contributed by atoms with E-state index in [1.54, 1.807) is 0 Å². The third-order valence-electron chi connectivity index (χ3n) is 3.07. The molecule has 90 valence electrons. The number of nitrogens with zero attached hydrogens (tertiary/aromatic N) is 1. The highest BCUT2D eigenvalue weighted by molar-refractivity contribution is 4.76. The molecule has 0 saturated carbocycles. The second-order valence-electron chi connectivity index (χ2n) is 4.61. The Bertz CT molecular complexity index is 164. The molecule has 3 nitrogen and oxygen atoms in total. The van der Waals surface area contributed by atoms with Crippen LogP contribution in [0.2, 0.25) is 0 Å². The zero-order valence-electron chi connectivity index (χ0n) is 10.5. The van der Waals surface area contributed by atoms with Gasteiger partial charge in [0.05, 0.1) is 6.10 Å². The lowest BCUT2D eigenvalue weighted by atomic mass is 10.1. The van der Waals surface area contributed by atoms with Crippen molar-refractivity contribution in [3.8, 4) is 0 Å². The monoisotopic (exact) mass is 214 g/mol. The molecule has 1 saturated heterocycles. The summed E-state index contributed by atoms with van der Waals surface area (Å²) in [6.07, 6.45) is 4.17. The summed E-state index contributed by atoms with van der Waals surface area (Å²) >= 11 is 0. The van der Waals surface area contributed by atoms with Gasteiger partial charge in [0.15, 0.2) is 0 Å². The minimum Gasteiger partial charge on any atom is -0.380 e. The molecule has 0 aromatic carbocycles. The average Bonchev–Trinajstić information content (AvgIpc) is 2.26. The van der Waals surface area contributed by atoms with E-state index in [0.717, 1.165) is 19.6 Å². The van der Waals surface area contributed by atoms with Gasteiger partial charge in [-0.05, 0) is 39.3 Å². The molecule has 2 unspecified atom stereocenters. The fourth-order valence-corrected chi connectivity index (χ4v) is 2.21. The van der Waals surface area contributed by atoms with Gasteiger partial charge in [-0.1, -0.05) is 6.92 Å². The van der Waals surface area contributed by atoms with Crippen molar-refractivity contribution < 1.29 is 4.74 Å². The molecule has 0 aromatic rings. The summed E-state index contributed by atoms with van der Waals surface area (Å²) in [6.45, 7) is 9.10. The molecule has 0 bridgehead atoms. The summed E-state index contributed by atoms with van der Waals surface area (Å²) in [5, 5.41) is 3.53. The Hall–Kier alpha value is -0.120. The fraction of sp³-hybridized carbons (Fsp3) is 1.00. The Labute approximate surface area is 94.2 Å². The van der Waals surface area contributed by atoms with Crippen LogP contribution in [0.3, 0.4) is 0 Å². The average molecular weight is 214 g/mol. The van der Waals surface area contributed by atoms with Gasteiger partial charge in [-0.3, -0.25) is 4.90 Å². The molecule has 0 radical (unpaired) electrons. The normalized spacial score (nSPS) is 25.4. The molecule has 0 aromatic heterocycles. The number of rotatable bonds is 6. The van der Waals surface area contributed by atoms with Gasteiger partial charge in [0.1, 0.15) is 0 Å². The van der Waals surface area contributed by atoms with Gasteiger partial charge < -0.3 is 10.1 Å². The Morgan fingerprint density at radius 1 is 1.53 bits per heavy atom. The van der Waals surface area contributed by atoms with Crippen LogP contribution in [-0.4, -0.2) is 50.3 Å². The van der Waals surface area contributed by atoms with Crippen LogP contribution in [-0.2, 0) is 4.74 Å². The molecule has 1 N–H and O–H groups in total. The van der Waals surface area contributed by atoms with E-state index >= 15 is 0 Å². The highest BCUT2D eigenvalue weighted by Gasteiger charge is 2.20. The van der Waals surface area contributed by atoms with Crippen molar-refractivity contribution in [1.82, 2.24) is 10.2 Å². The number of methoxy groups -OCH3 is 1. The third-order valence-corrected chi connectivity index (χ3v) is 3.07. The maximum absolute atomic E-state index is 5.42. The smallest absolute Gasteiger partial charge is 0.0698 e. The first-order chi connectivity index (χ1) is 7.26. The highest BCUT2D eigenvalue weighted by atomic mass is 16.5. The van der Waals surface area contributed by atoms with Crippen LogP contribution < -0.4 is 5.32 Å². The minimum atomic E-state index is 0.456. The summed E-state index contributed by atoms with van der Waals surface area (Å²) in [4.78, 5) is 2.52. The van der Waals surface area contributed by atoms with Crippen molar-refractivity contribution in [2.24, 2.45) is 0 Å². The lowest BCUT2D eigenvalue weighted by Crippen LogP contribution is -2.45. The highest BCUT2D eigenvalue weighted by Crippen LogP contribution is 2.12. The topological polar surface area (TPSA) is 24.5 Å². The lowest BCUT2D eigenvalue weighted by Gasteiger charge is -2.33. The van der Waals surface area contributed by atoms with E-state index in [9.17, 15) is 0 Å². The first-order valence-electron chi connectivity index (χ1n) is 6.24. The number of piperidine rings is 1. The van der Waals surface area contributed by atoms with Crippen molar-refractivity contribution >= 4 is 0 Å². The Morgan fingerprint density at radius 3 is 3.00 bits per heavy atom. The van der Waals surface area contributed by atoms with Gasteiger partial charge in [-0.15, -0.1) is 0 Å². The predicted octanol–water partition coefficient (Wildman–Crippen LogP) is 1.49. The van der Waals surface area contributed by atoms with Gasteiger partial charge in [0.2, 0.25) is 0 Å². The second kappa shape index (κ2) is 7.20. The Balaban J connectivity index is 2.19. The maximum Gasteiger partial charge on any atom is 0.0698 e. The summed E-state index contributed by atoms with van der Waals surface area (Å²) in [6, 6.07) is 0.598. The van der Waals surface area contributed by atoms with Crippen LogP contribution in [0.1, 0.15) is 33.1 Å². The minimum absolute atomic E-state index is 0.456. The van der Waals surface area contributed by atoms with Crippen molar-refractivity contribution in [1.29, 1.82) is 0 Å². The number of hydrogen-bond donors (Lipinski definition) is 1. The molecule has 2 atom stereocenters. The van der Waals surface area contributed by atoms with E-state index < -0.39 is 0 Å². The van der Waals surface area contributed by atoms with Crippen LogP contribution in [0.15, 0.2) is 0 Å². The Kier molecular flexibility index (Phi) is 6.22. The zero-order valence-corrected chi connectivity index (χ0v) is 10.5. The molecule has 1 heterocycles. The SMILES string of the molecule is CCCNC(C)CN1CCCC(OC)C1. The maximum atomic E-state index is 5.42. The number of nitrogens with one attached hydrogen (secondary N) is 1. The van der Waals surface area contributed by atoms with Gasteiger partial charge in [-0.2, -0.15) is 0 Å². The second-order valence-corrected chi connectivity index (χ2v) is 4.61. The van der Waals surface area contributed by atoms with E-state index in [1.165, 1.54) is 25.8 Å². The van der Waals surface area contributed by atoms with Gasteiger partial charge >= 0.3 is 0 Å². The van der Waals surface area contributed by atoms with Gasteiger partial charge in [-0.25, -0.2) is 0 Å². The largest absolute Gasteiger partial charge is 0.380 e. The quantitative estimate of drug-likeness (QED) is 0.725. The van der Waals surface area contributed by atoms with Crippen molar-refractivity contribution in [2.45, 2.75) is 45.3 Å². The van der Waals surface area contributed by atoms with Crippen molar-refractivity contribution in [3.63, 3.8) is 0 Å². The molecular formula is C12H26N2O. The molecule has 1 aliphatic rings. The molecule has 1 fully saturated rings. The van der Waals surface area contributed by atoms with E-state index in [-0.39, 0.29) is 0 Å². The summed E-state index contributed by atoms with van der Waals surface area (Å²) in [5.41, 5.74) is 0. The van der Waals surface area contributed by atoms with E-state index in [0.29, 0.717) is 12.1 Å². The molecule has 15 heavy (non-hydrogen) atoms.